The Hall–Kier alpha value is -2.88. The predicted molar refractivity (Wildman–Crippen MR) is 62.6 cm³/mol. The Balaban J connectivity index is 2.13. The molecule has 0 bridgehead atoms. The van der Waals surface area contributed by atoms with Crippen LogP contribution in [0.25, 0.3) is 11.3 Å². The van der Waals surface area contributed by atoms with Crippen molar-refractivity contribution >= 4 is 6.29 Å². The molecule has 7 nitrogen and oxygen atoms in total. The second-order valence-corrected chi connectivity index (χ2v) is 3.82. The molecule has 1 aliphatic rings. The third-order valence-electron chi connectivity index (χ3n) is 2.74. The topological polar surface area (TPSA) is 90.0 Å². The highest BCUT2D eigenvalue weighted by molar-refractivity contribution is 5.83. The lowest BCUT2D eigenvalue weighted by atomic mass is 10.1. The molecule has 2 aromatic rings. The molecule has 0 radical (unpaired) electrons. The molecule has 1 aromatic heterocycles. The quantitative estimate of drug-likeness (QED) is 0.761. The zero-order valence-corrected chi connectivity index (χ0v) is 9.74. The summed E-state index contributed by atoms with van der Waals surface area (Å²) in [7, 11) is 0. The number of rotatable bonds is 3. The van der Waals surface area contributed by atoms with Crippen molar-refractivity contribution in [2.24, 2.45) is 0 Å². The third kappa shape index (κ3) is 1.79. The Labute approximate surface area is 108 Å². The molecule has 1 aliphatic heterocycles. The zero-order valence-electron chi connectivity index (χ0n) is 9.74. The van der Waals surface area contributed by atoms with E-state index < -0.39 is 0 Å². The van der Waals surface area contributed by atoms with E-state index in [0.29, 0.717) is 29.0 Å². The molecule has 0 N–H and O–H groups in total. The highest BCUT2D eigenvalue weighted by Gasteiger charge is 2.19. The summed E-state index contributed by atoms with van der Waals surface area (Å²) in [5.74, 6) is 1.25. The van der Waals surface area contributed by atoms with Crippen LogP contribution in [0.2, 0.25) is 0 Å². The van der Waals surface area contributed by atoms with Crippen LogP contribution >= 0.6 is 0 Å². The fourth-order valence-corrected chi connectivity index (χ4v) is 1.92. The predicted octanol–water partition coefficient (Wildman–Crippen LogP) is 1.01. The zero-order chi connectivity index (χ0) is 13.2. The van der Waals surface area contributed by atoms with Gasteiger partial charge in [0, 0.05) is 5.56 Å². The summed E-state index contributed by atoms with van der Waals surface area (Å²) in [5.41, 5.74) is 1.38. The summed E-state index contributed by atoms with van der Waals surface area (Å²) >= 11 is 0. The molecule has 2 heterocycles. The van der Waals surface area contributed by atoms with Gasteiger partial charge in [-0.05, 0) is 18.2 Å². The summed E-state index contributed by atoms with van der Waals surface area (Å²) in [4.78, 5) is 11.0. The van der Waals surface area contributed by atoms with Crippen molar-refractivity contribution in [3.05, 3.63) is 23.9 Å². The number of ether oxygens (including phenoxy) is 2. The molecular formula is C12H8N4O3. The summed E-state index contributed by atoms with van der Waals surface area (Å²) in [6, 6.07) is 7.23. The van der Waals surface area contributed by atoms with Crippen LogP contribution in [0.1, 0.15) is 10.5 Å². The van der Waals surface area contributed by atoms with Gasteiger partial charge in [0.15, 0.2) is 23.5 Å². The Morgan fingerprint density at radius 2 is 2.26 bits per heavy atom. The molecular weight excluding hydrogens is 248 g/mol. The molecule has 94 valence electrons. The second kappa shape index (κ2) is 4.42. The van der Waals surface area contributed by atoms with Gasteiger partial charge in [0.2, 0.25) is 6.79 Å². The third-order valence-corrected chi connectivity index (χ3v) is 2.74. The van der Waals surface area contributed by atoms with Crippen molar-refractivity contribution in [3.63, 3.8) is 0 Å². The SMILES string of the molecule is N#CCn1nnc(C=O)c1-c1ccc2c(c1)OCO2. The lowest BCUT2D eigenvalue weighted by Crippen LogP contribution is -2.01. The van der Waals surface area contributed by atoms with Gasteiger partial charge < -0.3 is 9.47 Å². The summed E-state index contributed by atoms with van der Waals surface area (Å²) in [6.07, 6.45) is 0.612. The molecule has 0 saturated carbocycles. The largest absolute Gasteiger partial charge is 0.454 e. The first-order valence-electron chi connectivity index (χ1n) is 5.49. The number of hydrogen-bond acceptors (Lipinski definition) is 6. The highest BCUT2D eigenvalue weighted by Crippen LogP contribution is 2.36. The molecule has 0 atom stereocenters. The van der Waals surface area contributed by atoms with Crippen LogP contribution < -0.4 is 9.47 Å². The molecule has 0 fully saturated rings. The van der Waals surface area contributed by atoms with Crippen molar-refractivity contribution < 1.29 is 14.3 Å². The number of aromatic nitrogens is 3. The Morgan fingerprint density at radius 3 is 3.05 bits per heavy atom. The van der Waals surface area contributed by atoms with E-state index in [4.69, 9.17) is 14.7 Å². The number of carbonyl (C=O) groups excluding carboxylic acids is 1. The number of hydrogen-bond donors (Lipinski definition) is 0. The minimum absolute atomic E-state index is 0.0185. The first-order valence-corrected chi connectivity index (χ1v) is 5.49. The van der Waals surface area contributed by atoms with E-state index in [1.807, 2.05) is 6.07 Å². The molecule has 0 spiro atoms. The monoisotopic (exact) mass is 256 g/mol. The van der Waals surface area contributed by atoms with Crippen molar-refractivity contribution in [1.82, 2.24) is 15.0 Å². The van der Waals surface area contributed by atoms with E-state index in [0.717, 1.165) is 0 Å². The molecule has 7 heteroatoms. The Bertz CT molecular complexity index is 687. The van der Waals surface area contributed by atoms with Crippen molar-refractivity contribution in [2.75, 3.05) is 6.79 Å². The summed E-state index contributed by atoms with van der Waals surface area (Å²) < 4.78 is 11.9. The van der Waals surface area contributed by atoms with Crippen molar-refractivity contribution in [3.8, 4) is 28.8 Å². The maximum Gasteiger partial charge on any atom is 0.231 e. The van der Waals surface area contributed by atoms with Gasteiger partial charge in [-0.15, -0.1) is 5.10 Å². The van der Waals surface area contributed by atoms with E-state index in [-0.39, 0.29) is 19.0 Å². The number of carbonyl (C=O) groups is 1. The number of fused-ring (bicyclic) bond motifs is 1. The fourth-order valence-electron chi connectivity index (χ4n) is 1.92. The maximum atomic E-state index is 11.0. The van der Waals surface area contributed by atoms with E-state index in [1.165, 1.54) is 4.68 Å². The van der Waals surface area contributed by atoms with Crippen LogP contribution in [0.3, 0.4) is 0 Å². The standard InChI is InChI=1S/C12H8N4O3/c13-3-4-16-12(9(6-17)14-15-16)8-1-2-10-11(5-8)19-7-18-10/h1-2,5-6H,4,7H2. The van der Waals surface area contributed by atoms with Crippen LogP contribution in [0, 0.1) is 11.3 Å². The first-order chi connectivity index (χ1) is 9.33. The highest BCUT2D eigenvalue weighted by atomic mass is 16.7. The van der Waals surface area contributed by atoms with Crippen molar-refractivity contribution in [2.45, 2.75) is 6.54 Å². The molecule has 19 heavy (non-hydrogen) atoms. The van der Waals surface area contributed by atoms with Gasteiger partial charge in [0.25, 0.3) is 0 Å². The van der Waals surface area contributed by atoms with Gasteiger partial charge in [0.05, 0.1) is 6.07 Å². The smallest absolute Gasteiger partial charge is 0.231 e. The average molecular weight is 256 g/mol. The van der Waals surface area contributed by atoms with Gasteiger partial charge in [-0.1, -0.05) is 5.21 Å². The molecule has 0 aliphatic carbocycles. The molecule has 0 unspecified atom stereocenters. The van der Waals surface area contributed by atoms with E-state index in [2.05, 4.69) is 10.3 Å². The Morgan fingerprint density at radius 1 is 1.42 bits per heavy atom. The van der Waals surface area contributed by atoms with Gasteiger partial charge in [-0.25, -0.2) is 4.68 Å². The van der Waals surface area contributed by atoms with Crippen LogP contribution in [0.4, 0.5) is 0 Å². The molecule has 0 saturated heterocycles. The minimum atomic E-state index is 0.0185. The van der Waals surface area contributed by atoms with Crippen LogP contribution in [0.5, 0.6) is 11.5 Å². The van der Waals surface area contributed by atoms with Gasteiger partial charge >= 0.3 is 0 Å². The van der Waals surface area contributed by atoms with Gasteiger partial charge in [0.1, 0.15) is 12.2 Å². The number of benzene rings is 1. The normalized spacial score (nSPS) is 12.2. The first kappa shape index (κ1) is 11.2. The molecule has 3 rings (SSSR count). The maximum absolute atomic E-state index is 11.0. The fraction of sp³-hybridized carbons (Fsp3) is 0.167. The van der Waals surface area contributed by atoms with Crippen molar-refractivity contribution in [1.29, 1.82) is 5.26 Å². The van der Waals surface area contributed by atoms with E-state index >= 15 is 0 Å². The van der Waals surface area contributed by atoms with Crippen LogP contribution in [-0.2, 0) is 6.54 Å². The molecule has 0 amide bonds. The lowest BCUT2D eigenvalue weighted by Gasteiger charge is -2.04. The van der Waals surface area contributed by atoms with Gasteiger partial charge in [-0.2, -0.15) is 5.26 Å². The number of aldehydes is 1. The van der Waals surface area contributed by atoms with E-state index in [1.54, 1.807) is 18.2 Å². The van der Waals surface area contributed by atoms with Crippen LogP contribution in [-0.4, -0.2) is 28.1 Å². The number of nitrogens with zero attached hydrogens (tertiary/aromatic N) is 4. The minimum Gasteiger partial charge on any atom is -0.454 e. The van der Waals surface area contributed by atoms with Gasteiger partial charge in [-0.3, -0.25) is 4.79 Å². The van der Waals surface area contributed by atoms with Crippen LogP contribution in [0.15, 0.2) is 18.2 Å². The second-order valence-electron chi connectivity index (χ2n) is 3.82. The van der Waals surface area contributed by atoms with E-state index in [9.17, 15) is 4.79 Å². The average Bonchev–Trinajstić information content (AvgIpc) is 3.04. The molecule has 1 aromatic carbocycles. The Kier molecular flexibility index (Phi) is 2.61. The summed E-state index contributed by atoms with van der Waals surface area (Å²) in [5, 5.41) is 16.3. The summed E-state index contributed by atoms with van der Waals surface area (Å²) in [6.45, 7) is 0.194. The number of nitriles is 1. The lowest BCUT2D eigenvalue weighted by molar-refractivity contribution is 0.111.